The summed E-state index contributed by atoms with van der Waals surface area (Å²) in [6.45, 7) is 0. The zero-order chi connectivity index (χ0) is 10.7. The molecule has 1 aromatic carbocycles. The van der Waals surface area contributed by atoms with E-state index in [2.05, 4.69) is 9.97 Å². The molecule has 0 saturated heterocycles. The summed E-state index contributed by atoms with van der Waals surface area (Å²) >= 11 is 5.97. The van der Waals surface area contributed by atoms with Crippen LogP contribution in [-0.2, 0) is 0 Å². The van der Waals surface area contributed by atoms with Crippen LogP contribution < -0.4 is 0 Å². The monoisotopic (exact) mass is 232 g/mol. The van der Waals surface area contributed by atoms with Gasteiger partial charge in [-0.1, -0.05) is 11.6 Å². The predicted octanol–water partition coefficient (Wildman–Crippen LogP) is 3.73. The molecule has 2 aliphatic carbocycles. The van der Waals surface area contributed by atoms with Crippen molar-refractivity contribution >= 4 is 22.6 Å². The molecular formula is C13H13ClN2. The maximum absolute atomic E-state index is 5.97. The Hall–Kier alpha value is -1.02. The summed E-state index contributed by atoms with van der Waals surface area (Å²) in [7, 11) is 0. The van der Waals surface area contributed by atoms with Gasteiger partial charge in [-0.15, -0.1) is 0 Å². The summed E-state index contributed by atoms with van der Waals surface area (Å²) in [6.07, 6.45) is 4.12. The maximum Gasteiger partial charge on any atom is 0.110 e. The number of fused-ring (bicyclic) bond motifs is 2. The van der Waals surface area contributed by atoms with E-state index in [0.29, 0.717) is 5.92 Å². The van der Waals surface area contributed by atoms with E-state index in [1.54, 1.807) is 0 Å². The lowest BCUT2D eigenvalue weighted by molar-refractivity contribution is 0.597. The number of nitrogens with zero attached hydrogens (tertiary/aromatic N) is 1. The molecule has 16 heavy (non-hydrogen) atoms. The second kappa shape index (κ2) is 3.01. The van der Waals surface area contributed by atoms with Crippen LogP contribution in [0.1, 0.15) is 31.0 Å². The quantitative estimate of drug-likeness (QED) is 0.798. The molecule has 3 heteroatoms. The molecule has 1 heterocycles. The molecule has 2 atom stereocenters. The summed E-state index contributed by atoms with van der Waals surface area (Å²) in [6, 6.07) is 5.86. The van der Waals surface area contributed by atoms with E-state index in [-0.39, 0.29) is 0 Å². The molecule has 0 radical (unpaired) electrons. The van der Waals surface area contributed by atoms with Gasteiger partial charge in [-0.3, -0.25) is 0 Å². The summed E-state index contributed by atoms with van der Waals surface area (Å²) in [5.41, 5.74) is 2.11. The molecule has 2 aromatic rings. The van der Waals surface area contributed by atoms with E-state index in [1.807, 2.05) is 18.2 Å². The minimum absolute atomic E-state index is 0.662. The van der Waals surface area contributed by atoms with Gasteiger partial charge in [0.2, 0.25) is 0 Å². The molecule has 2 saturated carbocycles. The van der Waals surface area contributed by atoms with E-state index < -0.39 is 0 Å². The lowest BCUT2D eigenvalue weighted by Crippen LogP contribution is -1.97. The van der Waals surface area contributed by atoms with Crippen LogP contribution in [0.4, 0.5) is 0 Å². The standard InChI is InChI=1S/C13H13ClN2/c14-10-1-2-11-12(6-10)16-13(15-11)9-4-7-3-8(7)5-9/h1-2,6-9H,3-5H2,(H,15,16). The number of aromatic nitrogens is 2. The number of benzene rings is 1. The largest absolute Gasteiger partial charge is 0.342 e. The molecule has 2 unspecified atom stereocenters. The molecule has 2 aliphatic rings. The molecular weight excluding hydrogens is 220 g/mol. The molecule has 82 valence electrons. The van der Waals surface area contributed by atoms with Crippen molar-refractivity contribution in [3.05, 3.63) is 29.0 Å². The Balaban J connectivity index is 1.75. The maximum atomic E-state index is 5.97. The van der Waals surface area contributed by atoms with Crippen LogP contribution in [0.2, 0.25) is 5.02 Å². The van der Waals surface area contributed by atoms with Gasteiger partial charge >= 0.3 is 0 Å². The fourth-order valence-electron chi connectivity index (χ4n) is 3.13. The summed E-state index contributed by atoms with van der Waals surface area (Å²) < 4.78 is 0. The Morgan fingerprint density at radius 1 is 1.19 bits per heavy atom. The van der Waals surface area contributed by atoms with Crippen LogP contribution in [0, 0.1) is 11.8 Å². The van der Waals surface area contributed by atoms with Crippen molar-refractivity contribution in [2.24, 2.45) is 11.8 Å². The highest BCUT2D eigenvalue weighted by Gasteiger charge is 2.46. The fraction of sp³-hybridized carbons (Fsp3) is 0.462. The van der Waals surface area contributed by atoms with Crippen LogP contribution in [0.3, 0.4) is 0 Å². The number of aromatic amines is 1. The molecule has 1 aromatic heterocycles. The predicted molar refractivity (Wildman–Crippen MR) is 64.7 cm³/mol. The van der Waals surface area contributed by atoms with E-state index >= 15 is 0 Å². The third-order valence-electron chi connectivity index (χ3n) is 4.09. The molecule has 0 amide bonds. The Labute approximate surface area is 99.0 Å². The van der Waals surface area contributed by atoms with Crippen molar-refractivity contribution in [2.45, 2.75) is 25.2 Å². The van der Waals surface area contributed by atoms with Crippen LogP contribution in [0.25, 0.3) is 11.0 Å². The van der Waals surface area contributed by atoms with Crippen LogP contribution in [0.15, 0.2) is 18.2 Å². The van der Waals surface area contributed by atoms with Crippen molar-refractivity contribution in [3.8, 4) is 0 Å². The first-order chi connectivity index (χ1) is 7.79. The third-order valence-corrected chi connectivity index (χ3v) is 4.33. The first-order valence-corrected chi connectivity index (χ1v) is 6.32. The van der Waals surface area contributed by atoms with Crippen molar-refractivity contribution < 1.29 is 0 Å². The van der Waals surface area contributed by atoms with Gasteiger partial charge in [0.25, 0.3) is 0 Å². The fourth-order valence-corrected chi connectivity index (χ4v) is 3.31. The van der Waals surface area contributed by atoms with Gasteiger partial charge in [-0.25, -0.2) is 4.98 Å². The van der Waals surface area contributed by atoms with Gasteiger partial charge in [-0.2, -0.15) is 0 Å². The van der Waals surface area contributed by atoms with Crippen LogP contribution in [-0.4, -0.2) is 9.97 Å². The minimum Gasteiger partial charge on any atom is -0.342 e. The second-order valence-corrected chi connectivity index (χ2v) is 5.64. The van der Waals surface area contributed by atoms with E-state index in [9.17, 15) is 0 Å². The van der Waals surface area contributed by atoms with Gasteiger partial charge < -0.3 is 4.98 Å². The molecule has 0 spiro atoms. The van der Waals surface area contributed by atoms with Crippen molar-refractivity contribution in [1.82, 2.24) is 9.97 Å². The average Bonchev–Trinajstić information content (AvgIpc) is 2.75. The third kappa shape index (κ3) is 1.29. The topological polar surface area (TPSA) is 28.7 Å². The summed E-state index contributed by atoms with van der Waals surface area (Å²) in [5.74, 6) is 3.84. The SMILES string of the molecule is Clc1ccc2nc(C3CC4CC4C3)[nH]c2c1. The number of H-pyrrole nitrogens is 1. The van der Waals surface area contributed by atoms with Crippen LogP contribution >= 0.6 is 11.6 Å². The number of imidazole rings is 1. The molecule has 0 bridgehead atoms. The number of hydrogen-bond acceptors (Lipinski definition) is 1. The van der Waals surface area contributed by atoms with E-state index in [1.165, 1.54) is 25.1 Å². The van der Waals surface area contributed by atoms with E-state index in [4.69, 9.17) is 11.6 Å². The van der Waals surface area contributed by atoms with Gasteiger partial charge in [0.1, 0.15) is 5.82 Å². The molecule has 2 fully saturated rings. The number of halogens is 1. The lowest BCUT2D eigenvalue weighted by atomic mass is 10.0. The highest BCUT2D eigenvalue weighted by molar-refractivity contribution is 6.31. The Morgan fingerprint density at radius 2 is 2.00 bits per heavy atom. The lowest BCUT2D eigenvalue weighted by Gasteiger charge is -2.06. The van der Waals surface area contributed by atoms with Crippen molar-refractivity contribution in [3.63, 3.8) is 0 Å². The Morgan fingerprint density at radius 3 is 2.81 bits per heavy atom. The highest BCUT2D eigenvalue weighted by atomic mass is 35.5. The smallest absolute Gasteiger partial charge is 0.110 e. The molecule has 1 N–H and O–H groups in total. The first kappa shape index (κ1) is 9.06. The zero-order valence-electron chi connectivity index (χ0n) is 8.91. The summed E-state index contributed by atoms with van der Waals surface area (Å²) in [4.78, 5) is 8.10. The van der Waals surface area contributed by atoms with Crippen molar-refractivity contribution in [1.29, 1.82) is 0 Å². The average molecular weight is 233 g/mol. The van der Waals surface area contributed by atoms with Gasteiger partial charge in [0.05, 0.1) is 11.0 Å². The number of rotatable bonds is 1. The Kier molecular flexibility index (Phi) is 1.70. The number of nitrogens with one attached hydrogen (secondary N) is 1. The zero-order valence-corrected chi connectivity index (χ0v) is 9.67. The highest BCUT2D eigenvalue weighted by Crippen LogP contribution is 2.57. The molecule has 2 nitrogen and oxygen atoms in total. The normalized spacial score (nSPS) is 31.9. The van der Waals surface area contributed by atoms with Crippen LogP contribution in [0.5, 0.6) is 0 Å². The van der Waals surface area contributed by atoms with Gasteiger partial charge in [0.15, 0.2) is 0 Å². The van der Waals surface area contributed by atoms with Gasteiger partial charge in [-0.05, 0) is 49.3 Å². The number of hydrogen-bond donors (Lipinski definition) is 1. The summed E-state index contributed by atoms with van der Waals surface area (Å²) in [5, 5.41) is 0.775. The van der Waals surface area contributed by atoms with E-state index in [0.717, 1.165) is 27.9 Å². The second-order valence-electron chi connectivity index (χ2n) is 5.21. The molecule has 0 aliphatic heterocycles. The first-order valence-electron chi connectivity index (χ1n) is 5.95. The van der Waals surface area contributed by atoms with Gasteiger partial charge in [0, 0.05) is 10.9 Å². The minimum atomic E-state index is 0.662. The Bertz CT molecular complexity index is 550. The van der Waals surface area contributed by atoms with Crippen molar-refractivity contribution in [2.75, 3.05) is 0 Å². The molecule has 4 rings (SSSR count).